The topological polar surface area (TPSA) is 67.6 Å². The Kier molecular flexibility index (Phi) is 4.40. The van der Waals surface area contributed by atoms with E-state index in [-0.39, 0.29) is 17.1 Å². The van der Waals surface area contributed by atoms with E-state index in [0.29, 0.717) is 6.04 Å². The van der Waals surface area contributed by atoms with Crippen LogP contribution in [0, 0.1) is 0 Å². The molecule has 2 fully saturated rings. The average Bonchev–Trinajstić information content (AvgIpc) is 3.06. The smallest absolute Gasteiger partial charge is 0.237 e. The van der Waals surface area contributed by atoms with Crippen LogP contribution in [0.4, 0.5) is 0 Å². The number of nitrogens with one attached hydrogen (secondary N) is 1. The minimum atomic E-state index is -0.603. The van der Waals surface area contributed by atoms with Crippen LogP contribution in [0.1, 0.15) is 53.9 Å². The number of morpholine rings is 1. The average molecular weight is 297 g/mol. The summed E-state index contributed by atoms with van der Waals surface area (Å²) in [7, 11) is 0. The van der Waals surface area contributed by atoms with Crippen LogP contribution in [0.3, 0.4) is 0 Å². The standard InChI is InChI=1S/C16H31N3O2/c1-14(2)10-19(11-15(3,4)21-14)9-8-16(5,13(17)20)18-12-6-7-12/h12,18H,6-11H2,1-5H3,(H2,17,20). The maximum atomic E-state index is 11.8. The van der Waals surface area contributed by atoms with Crippen LogP contribution >= 0.6 is 0 Å². The second-order valence-electron chi connectivity index (χ2n) is 8.20. The number of rotatable bonds is 6. The summed E-state index contributed by atoms with van der Waals surface area (Å²) in [6, 6.07) is 0.472. The number of hydrogen-bond donors (Lipinski definition) is 2. The summed E-state index contributed by atoms with van der Waals surface area (Å²) in [5.41, 5.74) is 4.71. The summed E-state index contributed by atoms with van der Waals surface area (Å²) >= 11 is 0. The Balaban J connectivity index is 1.95. The van der Waals surface area contributed by atoms with Gasteiger partial charge >= 0.3 is 0 Å². The molecule has 1 atom stereocenters. The van der Waals surface area contributed by atoms with Crippen LogP contribution in [0.2, 0.25) is 0 Å². The lowest BCUT2D eigenvalue weighted by molar-refractivity contribution is -0.181. The van der Waals surface area contributed by atoms with Gasteiger partial charge in [-0.05, 0) is 53.9 Å². The van der Waals surface area contributed by atoms with Crippen molar-refractivity contribution < 1.29 is 9.53 Å². The first-order chi connectivity index (χ1) is 9.51. The van der Waals surface area contributed by atoms with Crippen molar-refractivity contribution in [3.05, 3.63) is 0 Å². The molecule has 0 bridgehead atoms. The van der Waals surface area contributed by atoms with Crippen LogP contribution < -0.4 is 11.1 Å². The third-order valence-corrected chi connectivity index (χ3v) is 4.33. The first-order valence-corrected chi connectivity index (χ1v) is 8.02. The molecule has 1 saturated heterocycles. The lowest BCUT2D eigenvalue weighted by atomic mass is 9.94. The maximum Gasteiger partial charge on any atom is 0.237 e. The van der Waals surface area contributed by atoms with E-state index < -0.39 is 5.54 Å². The largest absolute Gasteiger partial charge is 0.368 e. The zero-order valence-electron chi connectivity index (χ0n) is 14.2. The Morgan fingerprint density at radius 2 is 1.81 bits per heavy atom. The van der Waals surface area contributed by atoms with Crippen LogP contribution in [-0.4, -0.2) is 53.2 Å². The summed E-state index contributed by atoms with van der Waals surface area (Å²) < 4.78 is 6.10. The Labute approximate surface area is 128 Å². The lowest BCUT2D eigenvalue weighted by Gasteiger charge is -2.47. The summed E-state index contributed by atoms with van der Waals surface area (Å²) in [5, 5.41) is 3.42. The molecule has 1 heterocycles. The molecule has 0 aromatic carbocycles. The molecule has 1 aliphatic heterocycles. The van der Waals surface area contributed by atoms with Gasteiger partial charge in [-0.3, -0.25) is 9.69 Å². The molecule has 1 unspecified atom stereocenters. The molecule has 21 heavy (non-hydrogen) atoms. The minimum absolute atomic E-state index is 0.158. The maximum absolute atomic E-state index is 11.8. The predicted molar refractivity (Wildman–Crippen MR) is 84.1 cm³/mol. The Morgan fingerprint density at radius 3 is 2.24 bits per heavy atom. The van der Waals surface area contributed by atoms with E-state index in [1.807, 2.05) is 6.92 Å². The number of amides is 1. The van der Waals surface area contributed by atoms with Gasteiger partial charge in [-0.15, -0.1) is 0 Å². The third-order valence-electron chi connectivity index (χ3n) is 4.33. The fraction of sp³-hybridized carbons (Fsp3) is 0.938. The first kappa shape index (κ1) is 16.7. The lowest BCUT2D eigenvalue weighted by Crippen LogP contribution is -2.60. The molecule has 0 radical (unpaired) electrons. The zero-order chi connectivity index (χ0) is 15.9. The van der Waals surface area contributed by atoms with E-state index in [2.05, 4.69) is 37.9 Å². The van der Waals surface area contributed by atoms with Crippen molar-refractivity contribution in [2.75, 3.05) is 19.6 Å². The van der Waals surface area contributed by atoms with E-state index in [1.54, 1.807) is 0 Å². The number of hydrogen-bond acceptors (Lipinski definition) is 4. The van der Waals surface area contributed by atoms with Crippen molar-refractivity contribution in [1.29, 1.82) is 0 Å². The highest BCUT2D eigenvalue weighted by Crippen LogP contribution is 2.29. The number of primary amides is 1. The molecule has 2 rings (SSSR count). The van der Waals surface area contributed by atoms with Gasteiger partial charge in [0.05, 0.1) is 16.7 Å². The molecule has 3 N–H and O–H groups in total. The van der Waals surface area contributed by atoms with E-state index in [9.17, 15) is 4.79 Å². The zero-order valence-corrected chi connectivity index (χ0v) is 14.2. The molecule has 0 spiro atoms. The molecular weight excluding hydrogens is 266 g/mol. The van der Waals surface area contributed by atoms with Gasteiger partial charge in [0, 0.05) is 25.7 Å². The molecule has 1 saturated carbocycles. The van der Waals surface area contributed by atoms with Gasteiger partial charge in [-0.25, -0.2) is 0 Å². The van der Waals surface area contributed by atoms with Crippen LogP contribution in [0.25, 0.3) is 0 Å². The Hall–Kier alpha value is -0.650. The summed E-state index contributed by atoms with van der Waals surface area (Å²) in [4.78, 5) is 14.2. The van der Waals surface area contributed by atoms with Crippen LogP contribution in [0.15, 0.2) is 0 Å². The van der Waals surface area contributed by atoms with Crippen LogP contribution in [0.5, 0.6) is 0 Å². The van der Waals surface area contributed by atoms with Crippen molar-refractivity contribution in [2.45, 2.75) is 76.7 Å². The minimum Gasteiger partial charge on any atom is -0.368 e. The summed E-state index contributed by atoms with van der Waals surface area (Å²) in [5.74, 6) is -0.249. The molecule has 5 heteroatoms. The van der Waals surface area contributed by atoms with Gasteiger partial charge in [-0.2, -0.15) is 0 Å². The molecule has 122 valence electrons. The monoisotopic (exact) mass is 297 g/mol. The number of nitrogens with zero attached hydrogens (tertiary/aromatic N) is 1. The highest BCUT2D eigenvalue weighted by molar-refractivity contribution is 5.84. The SMILES string of the molecule is CC1(C)CN(CCC(C)(NC2CC2)C(N)=O)CC(C)(C)O1. The number of carbonyl (C=O) groups excluding carboxylic acids is 1. The van der Waals surface area contributed by atoms with Gasteiger partial charge < -0.3 is 15.8 Å². The van der Waals surface area contributed by atoms with Gasteiger partial charge in [-0.1, -0.05) is 0 Å². The highest BCUT2D eigenvalue weighted by Gasteiger charge is 2.41. The van der Waals surface area contributed by atoms with E-state index >= 15 is 0 Å². The van der Waals surface area contributed by atoms with Crippen molar-refractivity contribution in [2.24, 2.45) is 5.73 Å². The normalized spacial score (nSPS) is 28.0. The van der Waals surface area contributed by atoms with Gasteiger partial charge in [0.2, 0.25) is 5.91 Å². The summed E-state index contributed by atoms with van der Waals surface area (Å²) in [6.07, 6.45) is 3.05. The number of ether oxygens (including phenoxy) is 1. The molecule has 0 aromatic heterocycles. The fourth-order valence-corrected chi connectivity index (χ4v) is 3.43. The van der Waals surface area contributed by atoms with Gasteiger partial charge in [0.15, 0.2) is 0 Å². The fourth-order valence-electron chi connectivity index (χ4n) is 3.43. The highest BCUT2D eigenvalue weighted by atomic mass is 16.5. The van der Waals surface area contributed by atoms with Gasteiger partial charge in [0.1, 0.15) is 0 Å². The Bertz CT molecular complexity index is 388. The summed E-state index contributed by atoms with van der Waals surface area (Å²) in [6.45, 7) is 13.0. The van der Waals surface area contributed by atoms with E-state index in [1.165, 1.54) is 0 Å². The predicted octanol–water partition coefficient (Wildman–Crippen LogP) is 1.26. The first-order valence-electron chi connectivity index (χ1n) is 8.02. The van der Waals surface area contributed by atoms with Crippen LogP contribution in [-0.2, 0) is 9.53 Å². The number of nitrogens with two attached hydrogens (primary N) is 1. The third kappa shape index (κ3) is 4.66. The molecule has 5 nitrogen and oxygen atoms in total. The second-order valence-corrected chi connectivity index (χ2v) is 8.20. The van der Waals surface area contributed by atoms with Crippen molar-refractivity contribution in [1.82, 2.24) is 10.2 Å². The molecule has 1 amide bonds. The van der Waals surface area contributed by atoms with Crippen molar-refractivity contribution in [3.8, 4) is 0 Å². The molecule has 2 aliphatic rings. The van der Waals surface area contributed by atoms with E-state index in [4.69, 9.17) is 10.5 Å². The molecular formula is C16H31N3O2. The molecule has 0 aromatic rings. The van der Waals surface area contributed by atoms with E-state index in [0.717, 1.165) is 38.9 Å². The van der Waals surface area contributed by atoms with Crippen molar-refractivity contribution in [3.63, 3.8) is 0 Å². The number of carbonyl (C=O) groups is 1. The van der Waals surface area contributed by atoms with Gasteiger partial charge in [0.25, 0.3) is 0 Å². The Morgan fingerprint density at radius 1 is 1.29 bits per heavy atom. The molecule has 1 aliphatic carbocycles. The van der Waals surface area contributed by atoms with Crippen molar-refractivity contribution >= 4 is 5.91 Å². The second kappa shape index (κ2) is 5.52. The quantitative estimate of drug-likeness (QED) is 0.774.